The monoisotopic (exact) mass is 580 g/mol. The topological polar surface area (TPSA) is 82.6 Å². The number of carbonyl (C=O) groups is 2. The summed E-state index contributed by atoms with van der Waals surface area (Å²) >= 11 is 0. The minimum atomic E-state index is -0.0360. The van der Waals surface area contributed by atoms with Gasteiger partial charge >= 0.3 is 0 Å². The quantitative estimate of drug-likeness (QED) is 0.168. The molecule has 2 amide bonds. The average molecular weight is 581 g/mol. The van der Waals surface area contributed by atoms with Crippen molar-refractivity contribution in [3.8, 4) is 0 Å². The van der Waals surface area contributed by atoms with E-state index >= 15 is 0 Å². The fourth-order valence-corrected chi connectivity index (χ4v) is 4.79. The molecule has 0 saturated heterocycles. The number of aromatic nitrogens is 1. The van der Waals surface area contributed by atoms with Gasteiger partial charge in [0.25, 0.3) is 0 Å². The molecule has 0 saturated carbocycles. The lowest BCUT2D eigenvalue weighted by molar-refractivity contribution is -0.132. The molecule has 0 fully saturated rings. The molecule has 0 aliphatic carbocycles. The Morgan fingerprint density at radius 1 is 0.786 bits per heavy atom. The number of nitrogens with zero attached hydrogens (tertiary/aromatic N) is 3. The molecular formula is C34H40N4O3Si. The van der Waals surface area contributed by atoms with E-state index in [0.29, 0.717) is 31.8 Å². The number of hydrogen-bond donors (Lipinski definition) is 1. The third-order valence-electron chi connectivity index (χ3n) is 6.90. The van der Waals surface area contributed by atoms with Crippen molar-refractivity contribution < 1.29 is 14.4 Å². The van der Waals surface area contributed by atoms with Crippen LogP contribution in [0.15, 0.2) is 97.3 Å². The largest absolute Gasteiger partial charge is 0.383 e. The Morgan fingerprint density at radius 2 is 1.36 bits per heavy atom. The lowest BCUT2D eigenvalue weighted by atomic mass is 9.98. The van der Waals surface area contributed by atoms with Crippen molar-refractivity contribution in [3.05, 3.63) is 114 Å². The minimum absolute atomic E-state index is 0.0360. The molecule has 42 heavy (non-hydrogen) atoms. The highest BCUT2D eigenvalue weighted by atomic mass is 28.1. The Kier molecular flexibility index (Phi) is 13.2. The molecular weight excluding hydrogens is 540 g/mol. The lowest BCUT2D eigenvalue weighted by Crippen LogP contribution is -2.42. The van der Waals surface area contributed by atoms with E-state index in [1.54, 1.807) is 31.1 Å². The van der Waals surface area contributed by atoms with Gasteiger partial charge in [0.1, 0.15) is 5.94 Å². The first-order chi connectivity index (χ1) is 20.4. The summed E-state index contributed by atoms with van der Waals surface area (Å²) in [5, 5.41) is 3.51. The Balaban J connectivity index is 1.88. The molecule has 0 spiro atoms. The number of allylic oxidation sites excluding steroid dienone is 4. The number of amides is 2. The molecule has 0 radical (unpaired) electrons. The molecule has 0 aliphatic rings. The van der Waals surface area contributed by atoms with E-state index < -0.39 is 0 Å². The molecule has 1 N–H and O–H groups in total. The van der Waals surface area contributed by atoms with Crippen molar-refractivity contribution in [2.45, 2.75) is 26.3 Å². The van der Waals surface area contributed by atoms with Crippen LogP contribution in [0.3, 0.4) is 0 Å². The van der Waals surface area contributed by atoms with Crippen LogP contribution in [0.2, 0.25) is 6.04 Å². The van der Waals surface area contributed by atoms with Crippen LogP contribution in [0.4, 0.5) is 0 Å². The van der Waals surface area contributed by atoms with Gasteiger partial charge in [0, 0.05) is 80.5 Å². The first-order valence-corrected chi connectivity index (χ1v) is 15.8. The van der Waals surface area contributed by atoms with Gasteiger partial charge in [-0.15, -0.1) is 0 Å². The molecule has 3 rings (SSSR count). The van der Waals surface area contributed by atoms with Crippen LogP contribution in [0, 0.1) is 0 Å². The number of pyridine rings is 1. The molecule has 0 unspecified atom stereocenters. The Bertz CT molecular complexity index is 1400. The maximum atomic E-state index is 12.5. The van der Waals surface area contributed by atoms with E-state index in [-0.39, 0.29) is 11.8 Å². The molecule has 8 heteroatoms. The summed E-state index contributed by atoms with van der Waals surface area (Å²) in [5.74, 6) is 2.11. The van der Waals surface area contributed by atoms with E-state index in [9.17, 15) is 14.4 Å². The summed E-state index contributed by atoms with van der Waals surface area (Å²) in [6, 6.07) is 24.3. The maximum Gasteiger partial charge on any atom is 0.219 e. The minimum Gasteiger partial charge on any atom is -0.383 e. The van der Waals surface area contributed by atoms with Crippen LogP contribution in [0.25, 0.3) is 16.8 Å². The van der Waals surface area contributed by atoms with Gasteiger partial charge in [-0.05, 0) is 47.4 Å². The Labute approximate surface area is 252 Å². The van der Waals surface area contributed by atoms with E-state index in [1.807, 2.05) is 89.8 Å². The van der Waals surface area contributed by atoms with Gasteiger partial charge in [-0.1, -0.05) is 66.7 Å². The van der Waals surface area contributed by atoms with Crippen LogP contribution in [-0.2, 0) is 14.4 Å². The molecule has 1 heterocycles. The maximum absolute atomic E-state index is 12.5. The molecule has 0 bridgehead atoms. The van der Waals surface area contributed by atoms with Crippen molar-refractivity contribution in [2.75, 3.05) is 32.7 Å². The molecule has 2 aromatic carbocycles. The van der Waals surface area contributed by atoms with Gasteiger partial charge in [-0.3, -0.25) is 14.6 Å². The van der Waals surface area contributed by atoms with Crippen molar-refractivity contribution >= 4 is 44.8 Å². The molecule has 0 aliphatic heterocycles. The SMILES string of the molecule is CC(=O)N(CCC[SiH3])CCN(CCN/C(=C\C(=C/C(=C=O)c1ccccc1)c1ccccc1)c1ccncc1)C(C)=O. The lowest BCUT2D eigenvalue weighted by Gasteiger charge is -2.27. The summed E-state index contributed by atoms with van der Waals surface area (Å²) < 4.78 is 0. The number of carbonyl (C=O) groups excluding carboxylic acids is 3. The summed E-state index contributed by atoms with van der Waals surface area (Å²) in [4.78, 5) is 44.3. The molecule has 1 aromatic heterocycles. The van der Waals surface area contributed by atoms with E-state index in [4.69, 9.17) is 0 Å². The summed E-state index contributed by atoms with van der Waals surface area (Å²) in [5.41, 5.74) is 4.75. The third kappa shape index (κ3) is 10.1. The zero-order chi connectivity index (χ0) is 30.2. The van der Waals surface area contributed by atoms with Crippen LogP contribution in [0.5, 0.6) is 0 Å². The average Bonchev–Trinajstić information content (AvgIpc) is 3.02. The van der Waals surface area contributed by atoms with Gasteiger partial charge < -0.3 is 15.1 Å². The summed E-state index contributed by atoms with van der Waals surface area (Å²) in [7, 11) is 1.11. The highest BCUT2D eigenvalue weighted by Crippen LogP contribution is 2.25. The van der Waals surface area contributed by atoms with Crippen molar-refractivity contribution in [3.63, 3.8) is 0 Å². The van der Waals surface area contributed by atoms with Crippen LogP contribution in [-0.4, -0.2) is 75.5 Å². The zero-order valence-corrected chi connectivity index (χ0v) is 26.8. The van der Waals surface area contributed by atoms with Crippen molar-refractivity contribution in [1.29, 1.82) is 0 Å². The van der Waals surface area contributed by atoms with Gasteiger partial charge in [0.2, 0.25) is 11.8 Å². The van der Waals surface area contributed by atoms with E-state index in [0.717, 1.165) is 57.2 Å². The summed E-state index contributed by atoms with van der Waals surface area (Å²) in [6.45, 7) is 5.83. The fraction of sp³-hybridized carbons (Fsp3) is 0.265. The second-order valence-corrected chi connectivity index (χ2v) is 10.9. The number of hydrogen-bond acceptors (Lipinski definition) is 5. The molecule has 218 valence electrons. The first kappa shape index (κ1) is 32.0. The van der Waals surface area contributed by atoms with Crippen LogP contribution in [0.1, 0.15) is 37.0 Å². The fourth-order valence-electron chi connectivity index (χ4n) is 4.48. The normalized spacial score (nSPS) is 11.5. The Morgan fingerprint density at radius 3 is 1.90 bits per heavy atom. The number of rotatable bonds is 15. The molecule has 3 aromatic rings. The third-order valence-corrected chi connectivity index (χ3v) is 7.61. The van der Waals surface area contributed by atoms with Crippen LogP contribution >= 0.6 is 0 Å². The molecule has 0 atom stereocenters. The standard InChI is InChI=1S/C34H40N4O3Si/c1-27(40)37(19-9-23-42)21-22-38(28(2)41)20-18-36-34(31-14-16-35-17-15-31)25-32(29-10-5-3-6-11-29)24-33(26-39)30-12-7-4-8-13-30/h3-8,10-17,24-25,36H,9,18-23H2,1-2,42H3/b32-24+,34-25-. The van der Waals surface area contributed by atoms with Gasteiger partial charge in [-0.25, -0.2) is 4.79 Å². The highest BCUT2D eigenvalue weighted by Gasteiger charge is 2.14. The smallest absolute Gasteiger partial charge is 0.219 e. The highest BCUT2D eigenvalue weighted by molar-refractivity contribution is 6.08. The zero-order valence-electron chi connectivity index (χ0n) is 24.8. The number of benzene rings is 2. The predicted octanol–water partition coefficient (Wildman–Crippen LogP) is 3.88. The van der Waals surface area contributed by atoms with Gasteiger partial charge in [0.15, 0.2) is 0 Å². The Hall–Kier alpha value is -4.52. The number of nitrogens with one attached hydrogen (secondary N) is 1. The van der Waals surface area contributed by atoms with Gasteiger partial charge in [0.05, 0.1) is 5.57 Å². The van der Waals surface area contributed by atoms with E-state index in [1.165, 1.54) is 0 Å². The second kappa shape index (κ2) is 17.3. The van der Waals surface area contributed by atoms with Crippen LogP contribution < -0.4 is 5.32 Å². The van der Waals surface area contributed by atoms with Gasteiger partial charge in [-0.2, -0.15) is 0 Å². The summed E-state index contributed by atoms with van der Waals surface area (Å²) in [6.07, 6.45) is 8.31. The predicted molar refractivity (Wildman–Crippen MR) is 174 cm³/mol. The van der Waals surface area contributed by atoms with E-state index in [2.05, 4.69) is 16.2 Å². The first-order valence-electron chi connectivity index (χ1n) is 14.4. The van der Waals surface area contributed by atoms with Crippen molar-refractivity contribution in [2.24, 2.45) is 0 Å². The molecule has 7 nitrogen and oxygen atoms in total. The second-order valence-electron chi connectivity index (χ2n) is 9.93. The van der Waals surface area contributed by atoms with Crippen molar-refractivity contribution in [1.82, 2.24) is 20.1 Å².